The van der Waals surface area contributed by atoms with Crippen LogP contribution < -0.4 is 21.1 Å². The fourth-order valence-corrected chi connectivity index (χ4v) is 7.31. The highest BCUT2D eigenvalue weighted by Crippen LogP contribution is 2.40. The summed E-state index contributed by atoms with van der Waals surface area (Å²) in [6.45, 7) is 0.0583. The molecule has 0 radical (unpaired) electrons. The molecule has 3 heteroatoms. The van der Waals surface area contributed by atoms with Crippen LogP contribution in [0.4, 0.5) is 0 Å². The number of thiophene rings is 1. The van der Waals surface area contributed by atoms with Crippen molar-refractivity contribution in [3.63, 3.8) is 0 Å². The van der Waals surface area contributed by atoms with Gasteiger partial charge in [-0.2, -0.15) is 0 Å². The summed E-state index contributed by atoms with van der Waals surface area (Å²) in [6.07, 6.45) is 0. The summed E-state index contributed by atoms with van der Waals surface area (Å²) in [4.78, 5) is 0. The van der Waals surface area contributed by atoms with Crippen molar-refractivity contribution in [2.24, 2.45) is 0 Å². The highest BCUT2D eigenvalue weighted by atomic mass is 32.1. The average Bonchev–Trinajstić information content (AvgIpc) is 3.39. The minimum Gasteiger partial charge on any atom is -0.458 e. The summed E-state index contributed by atoms with van der Waals surface area (Å²) < 4.78 is 9.05. The van der Waals surface area contributed by atoms with Gasteiger partial charge < -0.3 is 4.74 Å². The monoisotopic (exact) mass is 514 g/mol. The van der Waals surface area contributed by atoms with Crippen LogP contribution in [0.2, 0.25) is 0 Å². The molecular formula is C36H23BOS. The minimum atomic E-state index is 0.0583. The van der Waals surface area contributed by atoms with Crippen LogP contribution in [0, 0.1) is 0 Å². The van der Waals surface area contributed by atoms with Crippen LogP contribution in [0.1, 0.15) is 0 Å². The van der Waals surface area contributed by atoms with Crippen molar-refractivity contribution in [1.82, 2.24) is 0 Å². The standard InChI is InChI=1S/C36H23BOS/c1-2-11-24(12-3-1)26-22-21-25(27-14-10-15-29-28-13-4-9-20-35(28)39-36(27)29)23-32(26)37-30-16-5-7-18-33(30)38-34-19-8-6-17-31(34)37/h1-23H. The summed E-state index contributed by atoms with van der Waals surface area (Å²) in [5.74, 6) is 1.86. The predicted molar refractivity (Wildman–Crippen MR) is 168 cm³/mol. The molecule has 0 atom stereocenters. The Morgan fingerprint density at radius 2 is 1.13 bits per heavy atom. The van der Waals surface area contributed by atoms with Gasteiger partial charge in [-0.3, -0.25) is 0 Å². The van der Waals surface area contributed by atoms with Gasteiger partial charge in [-0.1, -0.05) is 127 Å². The fourth-order valence-electron chi connectivity index (χ4n) is 6.07. The van der Waals surface area contributed by atoms with Gasteiger partial charge >= 0.3 is 0 Å². The second kappa shape index (κ2) is 9.01. The molecule has 0 aliphatic carbocycles. The number of benzene rings is 6. The fraction of sp³-hybridized carbons (Fsp3) is 0. The molecular weight excluding hydrogens is 491 g/mol. The van der Waals surface area contributed by atoms with Gasteiger partial charge in [0.2, 0.25) is 0 Å². The normalized spacial score (nSPS) is 12.3. The Kier molecular flexibility index (Phi) is 5.17. The Bertz CT molecular complexity index is 1960. The van der Waals surface area contributed by atoms with Crippen LogP contribution in [-0.4, -0.2) is 6.71 Å². The van der Waals surface area contributed by atoms with Gasteiger partial charge in [0, 0.05) is 20.2 Å². The Morgan fingerprint density at radius 3 is 1.92 bits per heavy atom. The lowest BCUT2D eigenvalue weighted by Gasteiger charge is -2.28. The summed E-state index contributed by atoms with van der Waals surface area (Å²) in [7, 11) is 0. The van der Waals surface area contributed by atoms with Gasteiger partial charge in [-0.05, 0) is 51.4 Å². The molecule has 7 aromatic rings. The SMILES string of the molecule is c1ccc(-c2ccc(-c3cccc4c3sc3ccccc34)cc2B2c3ccccc3Oc3ccccc32)cc1. The Labute approximate surface area is 232 Å². The number of hydrogen-bond acceptors (Lipinski definition) is 2. The Morgan fingerprint density at radius 1 is 0.462 bits per heavy atom. The molecule has 0 saturated carbocycles. The summed E-state index contributed by atoms with van der Waals surface area (Å²) in [5, 5.41) is 2.65. The van der Waals surface area contributed by atoms with Gasteiger partial charge in [0.15, 0.2) is 0 Å². The van der Waals surface area contributed by atoms with Gasteiger partial charge in [-0.15, -0.1) is 11.3 Å². The van der Waals surface area contributed by atoms with E-state index in [4.69, 9.17) is 4.74 Å². The topological polar surface area (TPSA) is 9.23 Å². The van der Waals surface area contributed by atoms with Crippen molar-refractivity contribution in [1.29, 1.82) is 0 Å². The lowest BCUT2D eigenvalue weighted by Crippen LogP contribution is -2.55. The number of rotatable bonds is 3. The predicted octanol–water partition coefficient (Wildman–Crippen LogP) is 8.01. The summed E-state index contributed by atoms with van der Waals surface area (Å²) in [6, 6.07) is 50.2. The Balaban J connectivity index is 1.42. The molecule has 0 bridgehead atoms. The van der Waals surface area contributed by atoms with E-state index in [9.17, 15) is 0 Å². The molecule has 8 rings (SSSR count). The Hall–Kier alpha value is -4.60. The van der Waals surface area contributed by atoms with Crippen molar-refractivity contribution in [3.8, 4) is 33.8 Å². The number of hydrogen-bond donors (Lipinski definition) is 0. The van der Waals surface area contributed by atoms with E-state index in [1.165, 1.54) is 58.8 Å². The maximum atomic E-state index is 6.38. The molecule has 0 N–H and O–H groups in total. The molecule has 0 spiro atoms. The first-order chi connectivity index (χ1) is 19.3. The highest BCUT2D eigenvalue weighted by molar-refractivity contribution is 7.26. The van der Waals surface area contributed by atoms with Crippen LogP contribution in [0.5, 0.6) is 11.5 Å². The van der Waals surface area contributed by atoms with Crippen LogP contribution >= 0.6 is 11.3 Å². The lowest BCUT2D eigenvalue weighted by molar-refractivity contribution is 0.487. The maximum absolute atomic E-state index is 6.38. The van der Waals surface area contributed by atoms with Crippen molar-refractivity contribution in [3.05, 3.63) is 140 Å². The first-order valence-corrected chi connectivity index (χ1v) is 14.1. The molecule has 1 nitrogen and oxygen atoms in total. The van der Waals surface area contributed by atoms with Crippen molar-refractivity contribution < 1.29 is 4.74 Å². The smallest absolute Gasteiger partial charge is 0.251 e. The zero-order chi connectivity index (χ0) is 25.8. The van der Waals surface area contributed by atoms with E-state index >= 15 is 0 Å². The molecule has 1 aliphatic rings. The largest absolute Gasteiger partial charge is 0.458 e. The van der Waals surface area contributed by atoms with E-state index in [1.807, 2.05) is 11.3 Å². The molecule has 39 heavy (non-hydrogen) atoms. The lowest BCUT2D eigenvalue weighted by atomic mass is 9.35. The van der Waals surface area contributed by atoms with Gasteiger partial charge in [-0.25, -0.2) is 0 Å². The molecule has 6 aromatic carbocycles. The second-order valence-corrected chi connectivity index (χ2v) is 11.1. The van der Waals surface area contributed by atoms with Crippen LogP contribution in [0.25, 0.3) is 42.4 Å². The first kappa shape index (κ1) is 22.4. The van der Waals surface area contributed by atoms with E-state index in [2.05, 4.69) is 140 Å². The molecule has 2 heterocycles. The average molecular weight is 514 g/mol. The molecule has 0 unspecified atom stereocenters. The van der Waals surface area contributed by atoms with E-state index in [0.29, 0.717) is 0 Å². The van der Waals surface area contributed by atoms with Gasteiger partial charge in [0.05, 0.1) is 0 Å². The van der Waals surface area contributed by atoms with Crippen LogP contribution in [-0.2, 0) is 0 Å². The maximum Gasteiger partial charge on any atom is 0.251 e. The highest BCUT2D eigenvalue weighted by Gasteiger charge is 2.34. The van der Waals surface area contributed by atoms with E-state index in [1.54, 1.807) is 0 Å². The summed E-state index contributed by atoms with van der Waals surface area (Å²) >= 11 is 1.88. The number of para-hydroxylation sites is 2. The van der Waals surface area contributed by atoms with E-state index < -0.39 is 0 Å². The zero-order valence-electron chi connectivity index (χ0n) is 21.2. The molecule has 0 saturated heterocycles. The third-order valence-corrected chi connectivity index (χ3v) is 9.06. The first-order valence-electron chi connectivity index (χ1n) is 13.3. The van der Waals surface area contributed by atoms with Crippen LogP contribution in [0.3, 0.4) is 0 Å². The van der Waals surface area contributed by atoms with E-state index in [0.717, 1.165) is 11.5 Å². The summed E-state index contributed by atoms with van der Waals surface area (Å²) in [5.41, 5.74) is 8.68. The van der Waals surface area contributed by atoms with Crippen molar-refractivity contribution in [2.75, 3.05) is 0 Å². The zero-order valence-corrected chi connectivity index (χ0v) is 22.0. The molecule has 1 aromatic heterocycles. The third-order valence-electron chi connectivity index (χ3n) is 7.84. The number of ether oxygens (including phenoxy) is 1. The van der Waals surface area contributed by atoms with Crippen molar-refractivity contribution >= 4 is 54.6 Å². The van der Waals surface area contributed by atoms with Crippen molar-refractivity contribution in [2.45, 2.75) is 0 Å². The van der Waals surface area contributed by atoms with Crippen LogP contribution in [0.15, 0.2) is 140 Å². The van der Waals surface area contributed by atoms with Gasteiger partial charge in [0.25, 0.3) is 6.71 Å². The number of fused-ring (bicyclic) bond motifs is 5. The third kappa shape index (κ3) is 3.62. The van der Waals surface area contributed by atoms with E-state index in [-0.39, 0.29) is 6.71 Å². The minimum absolute atomic E-state index is 0.0583. The molecule has 182 valence electrons. The molecule has 0 amide bonds. The quantitative estimate of drug-likeness (QED) is 0.217. The van der Waals surface area contributed by atoms with Gasteiger partial charge in [0.1, 0.15) is 11.5 Å². The molecule has 1 aliphatic heterocycles. The second-order valence-electron chi connectivity index (χ2n) is 10.1. The molecule has 0 fully saturated rings.